The number of nitrogen functional groups attached to an aromatic ring is 1. The van der Waals surface area contributed by atoms with Gasteiger partial charge in [-0.25, -0.2) is 9.97 Å². The van der Waals surface area contributed by atoms with Crippen molar-refractivity contribution in [1.82, 2.24) is 9.97 Å². The maximum Gasteiger partial charge on any atom is 0.159 e. The molecule has 0 aliphatic carbocycles. The van der Waals surface area contributed by atoms with E-state index in [1.165, 1.54) is 0 Å². The van der Waals surface area contributed by atoms with E-state index >= 15 is 0 Å². The highest BCUT2D eigenvalue weighted by atomic mass is 16.5. The highest BCUT2D eigenvalue weighted by Gasteiger charge is 2.05. The molecule has 0 bridgehead atoms. The molecule has 2 rings (SSSR count). The van der Waals surface area contributed by atoms with Crippen LogP contribution in [0.15, 0.2) is 30.5 Å². The Labute approximate surface area is 94.1 Å². The predicted octanol–water partition coefficient (Wildman–Crippen LogP) is 2.04. The number of hydrogen-bond acceptors (Lipinski definition) is 4. The minimum atomic E-state index is 0.610. The second-order valence-corrected chi connectivity index (χ2v) is 3.48. The number of ether oxygens (including phenoxy) is 1. The average Bonchev–Trinajstić information content (AvgIpc) is 2.29. The lowest BCUT2D eigenvalue weighted by molar-refractivity contribution is 0.417. The Morgan fingerprint density at radius 2 is 2.06 bits per heavy atom. The van der Waals surface area contributed by atoms with E-state index in [0.717, 1.165) is 11.3 Å². The molecule has 2 N–H and O–H groups in total. The topological polar surface area (TPSA) is 61.0 Å². The zero-order chi connectivity index (χ0) is 11.5. The van der Waals surface area contributed by atoms with E-state index in [4.69, 9.17) is 10.5 Å². The van der Waals surface area contributed by atoms with Gasteiger partial charge in [-0.3, -0.25) is 0 Å². The van der Waals surface area contributed by atoms with Crippen molar-refractivity contribution in [2.75, 3.05) is 12.8 Å². The first-order valence-electron chi connectivity index (χ1n) is 4.94. The third-order valence-corrected chi connectivity index (χ3v) is 2.29. The van der Waals surface area contributed by atoms with Crippen molar-refractivity contribution in [2.24, 2.45) is 0 Å². The Morgan fingerprint density at radius 1 is 1.25 bits per heavy atom. The van der Waals surface area contributed by atoms with E-state index in [-0.39, 0.29) is 0 Å². The Kier molecular flexibility index (Phi) is 2.72. The molecule has 1 aromatic carbocycles. The van der Waals surface area contributed by atoms with Gasteiger partial charge in [0.05, 0.1) is 12.8 Å². The molecule has 0 radical (unpaired) electrons. The largest absolute Gasteiger partial charge is 0.495 e. The van der Waals surface area contributed by atoms with Gasteiger partial charge in [0.1, 0.15) is 5.75 Å². The van der Waals surface area contributed by atoms with Crippen LogP contribution in [0.3, 0.4) is 0 Å². The summed E-state index contributed by atoms with van der Waals surface area (Å²) in [5.41, 5.74) is 8.18. The Balaban J connectivity index is 2.48. The number of benzene rings is 1. The quantitative estimate of drug-likeness (QED) is 0.779. The molecule has 0 amide bonds. The van der Waals surface area contributed by atoms with Crippen LogP contribution in [0.1, 0.15) is 5.69 Å². The lowest BCUT2D eigenvalue weighted by Crippen LogP contribution is -1.95. The molecule has 4 nitrogen and oxygen atoms in total. The van der Waals surface area contributed by atoms with Gasteiger partial charge in [-0.2, -0.15) is 0 Å². The summed E-state index contributed by atoms with van der Waals surface area (Å²) in [7, 11) is 1.59. The van der Waals surface area contributed by atoms with Gasteiger partial charge >= 0.3 is 0 Å². The van der Waals surface area contributed by atoms with Crippen LogP contribution < -0.4 is 10.5 Å². The third-order valence-electron chi connectivity index (χ3n) is 2.29. The van der Waals surface area contributed by atoms with Gasteiger partial charge in [-0.05, 0) is 31.2 Å². The normalized spacial score (nSPS) is 10.1. The van der Waals surface area contributed by atoms with Gasteiger partial charge in [-0.1, -0.05) is 0 Å². The Morgan fingerprint density at radius 3 is 2.75 bits per heavy atom. The molecule has 0 atom stereocenters. The Hall–Kier alpha value is -2.10. The number of nitrogens with zero attached hydrogens (tertiary/aromatic N) is 2. The number of anilines is 1. The summed E-state index contributed by atoms with van der Waals surface area (Å²) < 4.78 is 5.16. The smallest absolute Gasteiger partial charge is 0.159 e. The number of rotatable bonds is 2. The van der Waals surface area contributed by atoms with Crippen molar-refractivity contribution in [3.05, 3.63) is 36.2 Å². The second-order valence-electron chi connectivity index (χ2n) is 3.48. The van der Waals surface area contributed by atoms with Crippen molar-refractivity contribution in [3.63, 3.8) is 0 Å². The maximum absolute atomic E-state index is 5.74. The molecule has 4 heteroatoms. The fraction of sp³-hybridized carbons (Fsp3) is 0.167. The van der Waals surface area contributed by atoms with Gasteiger partial charge in [0.2, 0.25) is 0 Å². The van der Waals surface area contributed by atoms with Crippen molar-refractivity contribution < 1.29 is 4.74 Å². The summed E-state index contributed by atoms with van der Waals surface area (Å²) in [5, 5.41) is 0. The molecule has 0 aliphatic rings. The predicted molar refractivity (Wildman–Crippen MR) is 63.2 cm³/mol. The molecule has 0 spiro atoms. The SMILES string of the molecule is COc1cc(-c2nccc(C)n2)ccc1N. The summed E-state index contributed by atoms with van der Waals surface area (Å²) in [4.78, 5) is 8.55. The van der Waals surface area contributed by atoms with Crippen LogP contribution in [0.5, 0.6) is 5.75 Å². The van der Waals surface area contributed by atoms with E-state index in [1.807, 2.05) is 25.1 Å². The van der Waals surface area contributed by atoms with Crippen molar-refractivity contribution in [2.45, 2.75) is 6.92 Å². The van der Waals surface area contributed by atoms with Crippen molar-refractivity contribution in [1.29, 1.82) is 0 Å². The fourth-order valence-electron chi connectivity index (χ4n) is 1.44. The molecular formula is C12H13N3O. The van der Waals surface area contributed by atoms with Crippen LogP contribution in [0.4, 0.5) is 5.69 Å². The number of aromatic nitrogens is 2. The highest BCUT2D eigenvalue weighted by Crippen LogP contribution is 2.26. The maximum atomic E-state index is 5.74. The Bertz CT molecular complexity index is 511. The van der Waals surface area contributed by atoms with Gasteiger partial charge in [-0.15, -0.1) is 0 Å². The minimum Gasteiger partial charge on any atom is -0.495 e. The summed E-state index contributed by atoms with van der Waals surface area (Å²) in [6.07, 6.45) is 1.74. The zero-order valence-electron chi connectivity index (χ0n) is 9.27. The molecule has 1 heterocycles. The molecule has 0 saturated heterocycles. The minimum absolute atomic E-state index is 0.610. The van der Waals surface area contributed by atoms with Crippen molar-refractivity contribution >= 4 is 5.69 Å². The lowest BCUT2D eigenvalue weighted by atomic mass is 10.1. The van der Waals surface area contributed by atoms with E-state index in [0.29, 0.717) is 17.3 Å². The molecule has 0 aliphatic heterocycles. The van der Waals surface area contributed by atoms with E-state index in [2.05, 4.69) is 9.97 Å². The van der Waals surface area contributed by atoms with Crippen LogP contribution in [-0.2, 0) is 0 Å². The van der Waals surface area contributed by atoms with Gasteiger partial charge in [0.15, 0.2) is 5.82 Å². The van der Waals surface area contributed by atoms with Gasteiger partial charge in [0, 0.05) is 17.5 Å². The number of methoxy groups -OCH3 is 1. The molecule has 0 unspecified atom stereocenters. The van der Waals surface area contributed by atoms with Crippen LogP contribution in [0.2, 0.25) is 0 Å². The fourth-order valence-corrected chi connectivity index (χ4v) is 1.44. The highest BCUT2D eigenvalue weighted by molar-refractivity contribution is 5.65. The first-order chi connectivity index (χ1) is 7.70. The van der Waals surface area contributed by atoms with E-state index in [9.17, 15) is 0 Å². The number of nitrogens with two attached hydrogens (primary N) is 1. The van der Waals surface area contributed by atoms with Crippen LogP contribution >= 0.6 is 0 Å². The van der Waals surface area contributed by atoms with Crippen LogP contribution in [-0.4, -0.2) is 17.1 Å². The molecule has 82 valence electrons. The summed E-state index contributed by atoms with van der Waals surface area (Å²) in [5.74, 6) is 1.32. The average molecular weight is 215 g/mol. The monoisotopic (exact) mass is 215 g/mol. The van der Waals surface area contributed by atoms with Crippen LogP contribution in [0, 0.1) is 6.92 Å². The summed E-state index contributed by atoms with van der Waals surface area (Å²) >= 11 is 0. The van der Waals surface area contributed by atoms with Gasteiger partial charge < -0.3 is 10.5 Å². The second kappa shape index (κ2) is 4.18. The number of hydrogen-bond donors (Lipinski definition) is 1. The zero-order valence-corrected chi connectivity index (χ0v) is 9.27. The number of aryl methyl sites for hydroxylation is 1. The molecule has 0 saturated carbocycles. The molecule has 1 aromatic heterocycles. The first kappa shape index (κ1) is 10.4. The molecule has 0 fully saturated rings. The van der Waals surface area contributed by atoms with E-state index < -0.39 is 0 Å². The lowest BCUT2D eigenvalue weighted by Gasteiger charge is -2.06. The van der Waals surface area contributed by atoms with Crippen LogP contribution in [0.25, 0.3) is 11.4 Å². The summed E-state index contributed by atoms with van der Waals surface area (Å²) in [6, 6.07) is 7.37. The van der Waals surface area contributed by atoms with Crippen molar-refractivity contribution in [3.8, 4) is 17.1 Å². The standard InChI is InChI=1S/C12H13N3O/c1-8-5-6-14-12(15-8)9-3-4-10(13)11(7-9)16-2/h3-7H,13H2,1-2H3. The first-order valence-corrected chi connectivity index (χ1v) is 4.94. The summed E-state index contributed by atoms with van der Waals surface area (Å²) in [6.45, 7) is 1.93. The molecule has 2 aromatic rings. The third kappa shape index (κ3) is 1.95. The molecule has 16 heavy (non-hydrogen) atoms. The molecular weight excluding hydrogens is 202 g/mol. The van der Waals surface area contributed by atoms with Gasteiger partial charge in [0.25, 0.3) is 0 Å². The van der Waals surface area contributed by atoms with E-state index in [1.54, 1.807) is 19.4 Å².